The standard InChI is InChI=1S/C12H18O2S2/c1-3-11(13)15-9-7-5-6-8-10-16-12(14)4-2/h3-4H,1-2,5-10H2. The monoisotopic (exact) mass is 258 g/mol. The Balaban J connectivity index is 3.15. The van der Waals surface area contributed by atoms with Crippen LogP contribution in [-0.2, 0) is 9.59 Å². The van der Waals surface area contributed by atoms with Gasteiger partial charge in [-0.3, -0.25) is 9.59 Å². The third-order valence-electron chi connectivity index (χ3n) is 1.86. The molecular formula is C12H18O2S2. The van der Waals surface area contributed by atoms with E-state index in [9.17, 15) is 9.59 Å². The van der Waals surface area contributed by atoms with Crippen molar-refractivity contribution in [1.29, 1.82) is 0 Å². The van der Waals surface area contributed by atoms with Crippen LogP contribution in [0.1, 0.15) is 25.7 Å². The molecule has 0 heterocycles. The van der Waals surface area contributed by atoms with Gasteiger partial charge in [0.05, 0.1) is 0 Å². The summed E-state index contributed by atoms with van der Waals surface area (Å²) in [7, 11) is 0. The number of rotatable bonds is 9. The molecule has 0 aliphatic carbocycles. The van der Waals surface area contributed by atoms with Gasteiger partial charge in [-0.2, -0.15) is 0 Å². The molecule has 0 saturated carbocycles. The lowest BCUT2D eigenvalue weighted by molar-refractivity contribution is -0.107. The SMILES string of the molecule is C=CC(=O)SCCCCCCSC(=O)C=C. The molecule has 4 heteroatoms. The molecule has 0 aromatic rings. The van der Waals surface area contributed by atoms with E-state index in [1.165, 1.54) is 35.7 Å². The first-order valence-corrected chi connectivity index (χ1v) is 7.26. The van der Waals surface area contributed by atoms with Crippen LogP contribution in [0.3, 0.4) is 0 Å². The first-order valence-electron chi connectivity index (χ1n) is 5.29. The first-order chi connectivity index (χ1) is 7.70. The molecule has 0 rings (SSSR count). The molecule has 0 aromatic heterocycles. The van der Waals surface area contributed by atoms with E-state index in [0.717, 1.165) is 37.2 Å². The van der Waals surface area contributed by atoms with Crippen LogP contribution in [0.4, 0.5) is 0 Å². The van der Waals surface area contributed by atoms with Gasteiger partial charge in [-0.25, -0.2) is 0 Å². The molecule has 2 nitrogen and oxygen atoms in total. The van der Waals surface area contributed by atoms with Crippen LogP contribution in [0.2, 0.25) is 0 Å². The Bertz CT molecular complexity index is 223. The van der Waals surface area contributed by atoms with E-state index < -0.39 is 0 Å². The molecule has 0 unspecified atom stereocenters. The van der Waals surface area contributed by atoms with E-state index in [2.05, 4.69) is 13.2 Å². The molecule has 0 atom stereocenters. The maximum absolute atomic E-state index is 10.8. The fraction of sp³-hybridized carbons (Fsp3) is 0.500. The lowest BCUT2D eigenvalue weighted by Crippen LogP contribution is -1.90. The predicted octanol–water partition coefficient (Wildman–Crippen LogP) is 3.44. The Labute approximate surface area is 106 Å². The topological polar surface area (TPSA) is 34.1 Å². The van der Waals surface area contributed by atoms with Crippen molar-refractivity contribution in [2.45, 2.75) is 25.7 Å². The van der Waals surface area contributed by atoms with Crippen LogP contribution in [0.15, 0.2) is 25.3 Å². The lowest BCUT2D eigenvalue weighted by atomic mass is 10.2. The Morgan fingerprint density at radius 2 is 1.19 bits per heavy atom. The Morgan fingerprint density at radius 3 is 1.50 bits per heavy atom. The average Bonchev–Trinajstić information content (AvgIpc) is 2.31. The summed E-state index contributed by atoms with van der Waals surface area (Å²) in [4.78, 5) is 21.7. The molecule has 0 bridgehead atoms. The minimum Gasteiger partial charge on any atom is -0.282 e. The van der Waals surface area contributed by atoms with Crippen LogP contribution >= 0.6 is 23.5 Å². The zero-order valence-electron chi connectivity index (χ0n) is 9.44. The second kappa shape index (κ2) is 11.0. The Kier molecular flexibility index (Phi) is 10.7. The zero-order valence-corrected chi connectivity index (χ0v) is 11.1. The molecule has 16 heavy (non-hydrogen) atoms. The fourth-order valence-corrected chi connectivity index (χ4v) is 2.36. The largest absolute Gasteiger partial charge is 0.282 e. The van der Waals surface area contributed by atoms with Crippen molar-refractivity contribution in [3.8, 4) is 0 Å². The summed E-state index contributed by atoms with van der Waals surface area (Å²) >= 11 is 2.64. The van der Waals surface area contributed by atoms with Crippen LogP contribution in [0.5, 0.6) is 0 Å². The highest BCUT2D eigenvalue weighted by molar-refractivity contribution is 8.14. The van der Waals surface area contributed by atoms with E-state index in [0.29, 0.717) is 0 Å². The molecule has 0 spiro atoms. The van der Waals surface area contributed by atoms with Gasteiger partial charge in [0, 0.05) is 11.5 Å². The zero-order chi connectivity index (χ0) is 12.2. The number of thioether (sulfide) groups is 2. The summed E-state index contributed by atoms with van der Waals surface area (Å²) in [5, 5.41) is 0.0965. The molecule has 0 aliphatic rings. The highest BCUT2D eigenvalue weighted by Crippen LogP contribution is 2.11. The number of hydrogen-bond donors (Lipinski definition) is 0. The third-order valence-corrected chi connectivity index (χ3v) is 3.75. The van der Waals surface area contributed by atoms with Gasteiger partial charge >= 0.3 is 0 Å². The summed E-state index contributed by atoms with van der Waals surface area (Å²) in [5.74, 6) is 1.73. The first kappa shape index (κ1) is 15.5. The van der Waals surface area contributed by atoms with Gasteiger partial charge in [0.1, 0.15) is 0 Å². The van der Waals surface area contributed by atoms with Gasteiger partial charge in [0.15, 0.2) is 0 Å². The minimum absolute atomic E-state index is 0.0483. The molecular weight excluding hydrogens is 240 g/mol. The molecule has 0 N–H and O–H groups in total. The highest BCUT2D eigenvalue weighted by atomic mass is 32.2. The smallest absolute Gasteiger partial charge is 0.211 e. The van der Waals surface area contributed by atoms with Gasteiger partial charge in [-0.05, 0) is 25.0 Å². The van der Waals surface area contributed by atoms with Crippen molar-refractivity contribution >= 4 is 33.8 Å². The van der Waals surface area contributed by atoms with Crippen LogP contribution in [-0.4, -0.2) is 21.7 Å². The number of unbranched alkanes of at least 4 members (excludes halogenated alkanes) is 3. The third kappa shape index (κ3) is 10.1. The maximum atomic E-state index is 10.8. The number of hydrogen-bond acceptors (Lipinski definition) is 4. The van der Waals surface area contributed by atoms with Crippen LogP contribution < -0.4 is 0 Å². The normalized spacial score (nSPS) is 9.75. The average molecular weight is 258 g/mol. The Morgan fingerprint density at radius 1 is 0.812 bits per heavy atom. The molecule has 90 valence electrons. The quantitative estimate of drug-likeness (QED) is 0.468. The predicted molar refractivity (Wildman–Crippen MR) is 73.8 cm³/mol. The van der Waals surface area contributed by atoms with Gasteiger partial charge in [0.2, 0.25) is 10.2 Å². The highest BCUT2D eigenvalue weighted by Gasteiger charge is 1.98. The van der Waals surface area contributed by atoms with Gasteiger partial charge < -0.3 is 0 Å². The van der Waals surface area contributed by atoms with Crippen LogP contribution in [0.25, 0.3) is 0 Å². The van der Waals surface area contributed by atoms with Gasteiger partial charge in [0.25, 0.3) is 0 Å². The van der Waals surface area contributed by atoms with Gasteiger partial charge in [-0.15, -0.1) is 0 Å². The van der Waals surface area contributed by atoms with Crippen molar-refractivity contribution in [3.63, 3.8) is 0 Å². The molecule has 0 aromatic carbocycles. The molecule has 0 radical (unpaired) electrons. The minimum atomic E-state index is 0.0483. The number of carbonyl (C=O) groups is 2. The van der Waals surface area contributed by atoms with E-state index in [1.54, 1.807) is 0 Å². The summed E-state index contributed by atoms with van der Waals surface area (Å²) in [6, 6.07) is 0. The van der Waals surface area contributed by atoms with E-state index in [4.69, 9.17) is 0 Å². The maximum Gasteiger partial charge on any atom is 0.211 e. The van der Waals surface area contributed by atoms with Crippen LogP contribution in [0, 0.1) is 0 Å². The van der Waals surface area contributed by atoms with Crippen molar-refractivity contribution in [2.75, 3.05) is 11.5 Å². The van der Waals surface area contributed by atoms with Crippen molar-refractivity contribution < 1.29 is 9.59 Å². The second-order valence-corrected chi connectivity index (χ2v) is 5.36. The molecule has 0 saturated heterocycles. The fourth-order valence-electron chi connectivity index (χ4n) is 1.02. The van der Waals surface area contributed by atoms with E-state index in [-0.39, 0.29) is 10.2 Å². The van der Waals surface area contributed by atoms with E-state index in [1.807, 2.05) is 0 Å². The van der Waals surface area contributed by atoms with Crippen molar-refractivity contribution in [3.05, 3.63) is 25.3 Å². The van der Waals surface area contributed by atoms with Gasteiger partial charge in [-0.1, -0.05) is 49.5 Å². The summed E-state index contributed by atoms with van der Waals surface area (Å²) in [6.45, 7) is 6.82. The van der Waals surface area contributed by atoms with E-state index >= 15 is 0 Å². The molecule has 0 amide bonds. The summed E-state index contributed by atoms with van der Waals surface area (Å²) in [5.41, 5.74) is 0. The lowest BCUT2D eigenvalue weighted by Gasteiger charge is -1.99. The van der Waals surface area contributed by atoms with Crippen molar-refractivity contribution in [2.24, 2.45) is 0 Å². The van der Waals surface area contributed by atoms with Crippen molar-refractivity contribution in [1.82, 2.24) is 0 Å². The summed E-state index contributed by atoms with van der Waals surface area (Å²) in [6.07, 6.45) is 7.01. The Hall–Kier alpha value is -0.480. The summed E-state index contributed by atoms with van der Waals surface area (Å²) < 4.78 is 0. The molecule has 0 fully saturated rings. The second-order valence-electron chi connectivity index (χ2n) is 3.16. The molecule has 0 aliphatic heterocycles. The number of carbonyl (C=O) groups excluding carboxylic acids is 2.